The first-order valence-corrected chi connectivity index (χ1v) is 19.7. The van der Waals surface area contributed by atoms with E-state index in [1.165, 1.54) is 28.8 Å². The first-order chi connectivity index (χ1) is 26.4. The van der Waals surface area contributed by atoms with Gasteiger partial charge in [0.1, 0.15) is 41.9 Å². The van der Waals surface area contributed by atoms with Gasteiger partial charge in [-0.25, -0.2) is 14.1 Å². The summed E-state index contributed by atoms with van der Waals surface area (Å²) in [5.74, 6) is -6.65. The van der Waals surface area contributed by atoms with Gasteiger partial charge in [-0.3, -0.25) is 23.7 Å². The molecule has 3 aliphatic rings. The summed E-state index contributed by atoms with van der Waals surface area (Å²) in [7, 11) is -4.73. The van der Waals surface area contributed by atoms with Crippen LogP contribution in [0.2, 0.25) is 0 Å². The summed E-state index contributed by atoms with van der Waals surface area (Å²) < 4.78 is 45.5. The molecule has 3 aromatic rings. The Morgan fingerprint density at radius 2 is 1.65 bits per heavy atom. The number of nitrogen functional groups attached to an aromatic ring is 1. The first kappa shape index (κ1) is 39.6. The monoisotopic (exact) mass is 782 g/mol. The Bertz CT molecular complexity index is 1960. The highest BCUT2D eigenvalue weighted by atomic mass is 31.2. The lowest BCUT2D eigenvalue weighted by Crippen LogP contribution is -2.41. The molecule has 294 valence electrons. The van der Waals surface area contributed by atoms with Gasteiger partial charge in [-0.2, -0.15) is 15.4 Å². The predicted octanol–water partition coefficient (Wildman–Crippen LogP) is 4.13. The van der Waals surface area contributed by atoms with Crippen LogP contribution in [0.3, 0.4) is 0 Å². The van der Waals surface area contributed by atoms with Crippen LogP contribution in [0.5, 0.6) is 5.75 Å². The molecule has 1 aliphatic heterocycles. The number of esters is 2. The lowest BCUT2D eigenvalue weighted by atomic mass is 9.75. The number of fused-ring (bicyclic) bond motifs is 1. The van der Waals surface area contributed by atoms with Crippen LogP contribution in [0, 0.1) is 23.2 Å². The van der Waals surface area contributed by atoms with Crippen LogP contribution >= 0.6 is 7.75 Å². The Balaban J connectivity index is 1.33. The number of rotatable bonds is 17. The number of aliphatic carboxylic acids is 2. The molecule has 0 unspecified atom stereocenters. The second kappa shape index (κ2) is 17.2. The lowest BCUT2D eigenvalue weighted by molar-refractivity contribution is -0.157. The molecule has 5 N–H and O–H groups in total. The summed E-state index contributed by atoms with van der Waals surface area (Å²) in [6, 6.07) is 11.3. The van der Waals surface area contributed by atoms with Crippen LogP contribution in [0.1, 0.15) is 76.3 Å². The molecule has 1 saturated heterocycles. The minimum atomic E-state index is -4.73. The number of ether oxygens (including phenoxy) is 3. The van der Waals surface area contributed by atoms with E-state index in [2.05, 4.69) is 21.2 Å². The number of nitrogens with two attached hydrogens (primary N) is 1. The zero-order valence-corrected chi connectivity index (χ0v) is 30.8. The second-order valence-electron chi connectivity index (χ2n) is 14.0. The van der Waals surface area contributed by atoms with Crippen molar-refractivity contribution >= 4 is 43.0 Å². The van der Waals surface area contributed by atoms with Gasteiger partial charge < -0.3 is 34.7 Å². The Morgan fingerprint density at radius 1 is 1.00 bits per heavy atom. The standard InChI is InChI=1S/C36H43N6O12P/c37-20-36(30-15-14-28-34(38)39-21-40-42(28)30)26(17-32(45)46)25(16-31(43)44)29(53-36)19-50-55(49,54-24-12-2-1-3-13-24)41-27(35(48)52-23-10-6-7-11-23)18-33(47)51-22-8-4-5-9-22/h1-3,12-15,21-23,25-27,29H,4-11,16-19H2,(H,41,49)(H,43,44)(H,45,46)(H2,38,39,40)/t25-,26-,27+,29+,36-,55+/m1/s1. The number of carbonyl (C=O) groups excluding carboxylic acids is 2. The number of nitrogens with one attached hydrogen (secondary N) is 1. The van der Waals surface area contributed by atoms with Crippen molar-refractivity contribution in [3.8, 4) is 11.8 Å². The van der Waals surface area contributed by atoms with Gasteiger partial charge in [-0.15, -0.1) is 0 Å². The van der Waals surface area contributed by atoms with Gasteiger partial charge in [0.25, 0.3) is 0 Å². The van der Waals surface area contributed by atoms with E-state index < -0.39 is 93.2 Å². The number of anilines is 1. The number of carbonyl (C=O) groups is 4. The number of aromatic nitrogens is 3. The van der Waals surface area contributed by atoms with Crippen molar-refractivity contribution in [2.75, 3.05) is 12.3 Å². The Hall–Kier alpha value is -5.08. The average molecular weight is 783 g/mol. The molecular weight excluding hydrogens is 739 g/mol. The molecule has 0 radical (unpaired) electrons. The molecule has 6 atom stereocenters. The molecule has 0 spiro atoms. The smallest absolute Gasteiger partial charge is 0.459 e. The fourth-order valence-corrected chi connectivity index (χ4v) is 9.16. The van der Waals surface area contributed by atoms with Gasteiger partial charge in [-0.05, 0) is 75.6 Å². The topological polar surface area (TPSA) is 264 Å². The normalized spacial score (nSPS) is 24.5. The molecule has 55 heavy (non-hydrogen) atoms. The lowest BCUT2D eigenvalue weighted by Gasteiger charge is -2.28. The zero-order chi connectivity index (χ0) is 39.2. The van der Waals surface area contributed by atoms with E-state index in [9.17, 15) is 39.2 Å². The third kappa shape index (κ3) is 9.25. The molecule has 19 heteroatoms. The highest BCUT2D eigenvalue weighted by molar-refractivity contribution is 7.52. The Labute approximate surface area is 315 Å². The first-order valence-electron chi connectivity index (χ1n) is 18.2. The molecule has 1 aromatic carbocycles. The molecule has 3 heterocycles. The fourth-order valence-electron chi connectivity index (χ4n) is 7.65. The minimum absolute atomic E-state index is 0.0521. The minimum Gasteiger partial charge on any atom is -0.481 e. The van der Waals surface area contributed by atoms with E-state index in [-0.39, 0.29) is 28.9 Å². The number of nitrogens with zero attached hydrogens (tertiary/aromatic N) is 4. The van der Waals surface area contributed by atoms with E-state index in [1.807, 2.05) is 0 Å². The zero-order valence-electron chi connectivity index (χ0n) is 29.9. The number of para-hydroxylation sites is 1. The summed E-state index contributed by atoms with van der Waals surface area (Å²) in [6.07, 6.45) is 3.19. The quantitative estimate of drug-likeness (QED) is 0.111. The van der Waals surface area contributed by atoms with E-state index in [0.29, 0.717) is 25.7 Å². The molecule has 18 nitrogen and oxygen atoms in total. The highest BCUT2D eigenvalue weighted by Crippen LogP contribution is 2.53. The summed E-state index contributed by atoms with van der Waals surface area (Å²) in [5.41, 5.74) is 4.25. The van der Waals surface area contributed by atoms with Crippen LogP contribution in [-0.4, -0.2) is 79.6 Å². The van der Waals surface area contributed by atoms with Gasteiger partial charge >= 0.3 is 31.6 Å². The van der Waals surface area contributed by atoms with Gasteiger partial charge in [-0.1, -0.05) is 18.2 Å². The Kier molecular flexibility index (Phi) is 12.4. The van der Waals surface area contributed by atoms with Gasteiger partial charge in [0.2, 0.25) is 0 Å². The average Bonchev–Trinajstić information content (AvgIpc) is 3.97. The fraction of sp³-hybridized carbons (Fsp3) is 0.528. The van der Waals surface area contributed by atoms with Crippen molar-refractivity contribution in [3.63, 3.8) is 0 Å². The second-order valence-corrected chi connectivity index (χ2v) is 15.6. The van der Waals surface area contributed by atoms with Crippen molar-refractivity contribution in [2.24, 2.45) is 11.8 Å². The van der Waals surface area contributed by atoms with Crippen LogP contribution in [0.25, 0.3) is 5.52 Å². The Morgan fingerprint density at radius 3 is 2.29 bits per heavy atom. The van der Waals surface area contributed by atoms with Crippen molar-refractivity contribution in [3.05, 3.63) is 54.5 Å². The van der Waals surface area contributed by atoms with Crippen LogP contribution in [0.4, 0.5) is 5.82 Å². The summed E-state index contributed by atoms with van der Waals surface area (Å²) in [6.45, 7) is -0.716. The molecule has 0 bridgehead atoms. The van der Waals surface area contributed by atoms with E-state index in [1.54, 1.807) is 18.2 Å². The van der Waals surface area contributed by atoms with Gasteiger partial charge in [0.05, 0.1) is 37.7 Å². The molecule has 2 aliphatic carbocycles. The summed E-state index contributed by atoms with van der Waals surface area (Å²) in [4.78, 5) is 55.2. The maximum absolute atomic E-state index is 14.8. The van der Waals surface area contributed by atoms with Crippen molar-refractivity contribution in [2.45, 2.75) is 101 Å². The highest BCUT2D eigenvalue weighted by Gasteiger charge is 2.59. The van der Waals surface area contributed by atoms with Gasteiger partial charge in [0, 0.05) is 11.8 Å². The van der Waals surface area contributed by atoms with E-state index >= 15 is 0 Å². The summed E-state index contributed by atoms with van der Waals surface area (Å²) in [5, 5.41) is 37.5. The van der Waals surface area contributed by atoms with Crippen molar-refractivity contribution in [1.82, 2.24) is 19.7 Å². The number of carboxylic acid groups (broad SMARTS) is 2. The van der Waals surface area contributed by atoms with Crippen LogP contribution < -0.4 is 15.3 Å². The molecule has 0 amide bonds. The summed E-state index contributed by atoms with van der Waals surface area (Å²) >= 11 is 0. The number of hydrogen-bond acceptors (Lipinski definition) is 14. The van der Waals surface area contributed by atoms with E-state index in [0.717, 1.165) is 32.0 Å². The number of benzene rings is 1. The van der Waals surface area contributed by atoms with Crippen molar-refractivity contribution < 1.29 is 57.2 Å². The third-order valence-corrected chi connectivity index (χ3v) is 11.8. The maximum atomic E-state index is 14.8. The van der Waals surface area contributed by atoms with Crippen molar-refractivity contribution in [1.29, 1.82) is 5.26 Å². The predicted molar refractivity (Wildman–Crippen MR) is 190 cm³/mol. The van der Waals surface area contributed by atoms with Crippen LogP contribution in [0.15, 0.2) is 48.8 Å². The third-order valence-electron chi connectivity index (χ3n) is 10.2. The van der Waals surface area contributed by atoms with E-state index in [4.69, 9.17) is 29.0 Å². The molecule has 6 rings (SSSR count). The van der Waals surface area contributed by atoms with Gasteiger partial charge in [0.15, 0.2) is 11.4 Å². The number of carboxylic acids is 2. The number of nitriles is 1. The largest absolute Gasteiger partial charge is 0.481 e. The molecule has 3 fully saturated rings. The SMILES string of the molecule is N#C[C@@]1(c2ccc3c(N)ncnn23)O[C@@H](CO[P@@](=O)(N[C@@H](CC(=O)OC2CCCC2)C(=O)OC2CCCC2)Oc2ccccc2)[C@H](CC(=O)O)[C@H]1CC(=O)O. The number of hydrogen-bond donors (Lipinski definition) is 4. The van der Waals surface area contributed by atoms with Crippen LogP contribution in [-0.2, 0) is 48.1 Å². The maximum Gasteiger partial charge on any atom is 0.459 e. The molecule has 2 saturated carbocycles. The molecule has 2 aromatic heterocycles. The molecular formula is C36H43N6O12P.